The zero-order valence-corrected chi connectivity index (χ0v) is 12.4. The molecule has 1 fully saturated rings. The van der Waals surface area contributed by atoms with Gasteiger partial charge in [-0.2, -0.15) is 0 Å². The fraction of sp³-hybridized carbons (Fsp3) is 1.00. The Morgan fingerprint density at radius 3 is 1.94 bits per heavy atom. The van der Waals surface area contributed by atoms with E-state index >= 15 is 0 Å². The van der Waals surface area contributed by atoms with Crippen molar-refractivity contribution in [1.29, 1.82) is 0 Å². The van der Waals surface area contributed by atoms with Crippen LogP contribution in [0.5, 0.6) is 0 Å². The smallest absolute Gasteiger partial charge is 0.0246 e. The normalized spacial score (nSPS) is 23.6. The molecule has 0 radical (unpaired) electrons. The summed E-state index contributed by atoms with van der Waals surface area (Å²) >= 11 is 0. The molecule has 1 aliphatic carbocycles. The summed E-state index contributed by atoms with van der Waals surface area (Å²) in [4.78, 5) is 0. The molecule has 96 valence electrons. The van der Waals surface area contributed by atoms with Crippen LogP contribution in [0.2, 0.25) is 0 Å². The van der Waals surface area contributed by atoms with Crippen LogP contribution in [0.3, 0.4) is 0 Å². The highest BCUT2D eigenvalue weighted by Crippen LogP contribution is 2.57. The fourth-order valence-electron chi connectivity index (χ4n) is 3.47. The van der Waals surface area contributed by atoms with Gasteiger partial charge in [-0.25, -0.2) is 0 Å². The quantitative estimate of drug-likeness (QED) is 0.565. The van der Waals surface area contributed by atoms with Crippen molar-refractivity contribution in [3.05, 3.63) is 0 Å². The molecule has 2 unspecified atom stereocenters. The average molecular weight is 224 g/mol. The highest BCUT2D eigenvalue weighted by molar-refractivity contribution is 4.97. The largest absolute Gasteiger partial charge is 0.0651 e. The fourth-order valence-corrected chi connectivity index (χ4v) is 3.47. The van der Waals surface area contributed by atoms with Gasteiger partial charge in [-0.05, 0) is 48.3 Å². The van der Waals surface area contributed by atoms with Crippen molar-refractivity contribution in [3.8, 4) is 0 Å². The molecule has 1 rings (SSSR count). The molecule has 0 saturated heterocycles. The Balaban J connectivity index is 2.51. The molecule has 0 aromatic carbocycles. The second kappa shape index (κ2) is 5.10. The third-order valence-corrected chi connectivity index (χ3v) is 5.14. The molecule has 0 spiro atoms. The van der Waals surface area contributed by atoms with E-state index in [1.165, 1.54) is 38.5 Å². The molecule has 0 nitrogen and oxygen atoms in total. The van der Waals surface area contributed by atoms with Crippen molar-refractivity contribution in [3.63, 3.8) is 0 Å². The Hall–Kier alpha value is 0. The van der Waals surface area contributed by atoms with Crippen molar-refractivity contribution in [2.24, 2.45) is 22.7 Å². The first kappa shape index (κ1) is 14.1. The van der Waals surface area contributed by atoms with Crippen molar-refractivity contribution >= 4 is 0 Å². The zero-order valence-electron chi connectivity index (χ0n) is 12.4. The highest BCUT2D eigenvalue weighted by Gasteiger charge is 2.46. The van der Waals surface area contributed by atoms with E-state index in [2.05, 4.69) is 41.5 Å². The van der Waals surface area contributed by atoms with Gasteiger partial charge < -0.3 is 0 Å². The van der Waals surface area contributed by atoms with Crippen LogP contribution in [0.15, 0.2) is 0 Å². The van der Waals surface area contributed by atoms with E-state index in [9.17, 15) is 0 Å². The first-order valence-corrected chi connectivity index (χ1v) is 7.31. The second-order valence-corrected chi connectivity index (χ2v) is 7.44. The third-order valence-electron chi connectivity index (χ3n) is 5.14. The molecule has 2 atom stereocenters. The van der Waals surface area contributed by atoms with Crippen molar-refractivity contribution in [2.75, 3.05) is 0 Å². The Kier molecular flexibility index (Phi) is 4.49. The van der Waals surface area contributed by atoms with Gasteiger partial charge in [-0.15, -0.1) is 0 Å². The molecule has 1 saturated carbocycles. The van der Waals surface area contributed by atoms with E-state index in [4.69, 9.17) is 0 Å². The molecule has 0 aromatic rings. The highest BCUT2D eigenvalue weighted by atomic mass is 14.5. The Morgan fingerprint density at radius 2 is 1.62 bits per heavy atom. The van der Waals surface area contributed by atoms with Gasteiger partial charge in [0.15, 0.2) is 0 Å². The maximum atomic E-state index is 2.47. The van der Waals surface area contributed by atoms with E-state index in [1.807, 2.05) is 0 Å². The van der Waals surface area contributed by atoms with Gasteiger partial charge in [-0.1, -0.05) is 54.4 Å². The van der Waals surface area contributed by atoms with Crippen LogP contribution < -0.4 is 0 Å². The lowest BCUT2D eigenvalue weighted by atomic mass is 9.52. The summed E-state index contributed by atoms with van der Waals surface area (Å²) in [7, 11) is 0. The van der Waals surface area contributed by atoms with Crippen LogP contribution in [0, 0.1) is 22.7 Å². The van der Waals surface area contributed by atoms with E-state index in [-0.39, 0.29) is 0 Å². The number of rotatable bonds is 5. The van der Waals surface area contributed by atoms with Crippen LogP contribution in [0.4, 0.5) is 0 Å². The minimum Gasteiger partial charge on any atom is -0.0651 e. The molecule has 0 heteroatoms. The maximum Gasteiger partial charge on any atom is -0.0246 e. The predicted octanol–water partition coefficient (Wildman–Crippen LogP) is 5.67. The lowest BCUT2D eigenvalue weighted by molar-refractivity contribution is -0.0275. The molecule has 0 N–H and O–H groups in total. The van der Waals surface area contributed by atoms with Gasteiger partial charge in [0.25, 0.3) is 0 Å². The Morgan fingerprint density at radius 1 is 1.06 bits per heavy atom. The van der Waals surface area contributed by atoms with Gasteiger partial charge in [0, 0.05) is 0 Å². The number of hydrogen-bond donors (Lipinski definition) is 0. The Labute approximate surface area is 103 Å². The SMILES string of the molecule is CCC(C)CC(C)CC1(C(C)(C)C)CCC1. The average Bonchev–Trinajstić information content (AvgIpc) is 2.08. The lowest BCUT2D eigenvalue weighted by Crippen LogP contribution is -2.43. The Bertz CT molecular complexity index is 205. The van der Waals surface area contributed by atoms with E-state index < -0.39 is 0 Å². The molecule has 16 heavy (non-hydrogen) atoms. The first-order chi connectivity index (χ1) is 7.31. The van der Waals surface area contributed by atoms with E-state index in [1.54, 1.807) is 0 Å². The van der Waals surface area contributed by atoms with E-state index in [0.717, 1.165) is 11.8 Å². The van der Waals surface area contributed by atoms with Crippen LogP contribution >= 0.6 is 0 Å². The summed E-state index contributed by atoms with van der Waals surface area (Å²) in [6, 6.07) is 0. The second-order valence-electron chi connectivity index (χ2n) is 7.44. The first-order valence-electron chi connectivity index (χ1n) is 7.31. The lowest BCUT2D eigenvalue weighted by Gasteiger charge is -2.53. The molecule has 0 heterocycles. The van der Waals surface area contributed by atoms with Crippen molar-refractivity contribution in [1.82, 2.24) is 0 Å². The molecular weight excluding hydrogens is 192 g/mol. The number of hydrogen-bond acceptors (Lipinski definition) is 0. The third kappa shape index (κ3) is 3.02. The molecular formula is C16H32. The van der Waals surface area contributed by atoms with Gasteiger partial charge in [-0.3, -0.25) is 0 Å². The van der Waals surface area contributed by atoms with Crippen LogP contribution in [-0.4, -0.2) is 0 Å². The predicted molar refractivity (Wildman–Crippen MR) is 73.6 cm³/mol. The summed E-state index contributed by atoms with van der Waals surface area (Å²) < 4.78 is 0. The van der Waals surface area contributed by atoms with Crippen molar-refractivity contribution in [2.45, 2.75) is 80.1 Å². The summed E-state index contributed by atoms with van der Waals surface area (Å²) in [5.74, 6) is 1.82. The monoisotopic (exact) mass is 224 g/mol. The summed E-state index contributed by atoms with van der Waals surface area (Å²) in [5, 5.41) is 0. The van der Waals surface area contributed by atoms with Crippen LogP contribution in [0.1, 0.15) is 80.1 Å². The molecule has 0 bridgehead atoms. The molecule has 0 aliphatic heterocycles. The van der Waals surface area contributed by atoms with Gasteiger partial charge in [0.2, 0.25) is 0 Å². The van der Waals surface area contributed by atoms with Crippen LogP contribution in [0.25, 0.3) is 0 Å². The van der Waals surface area contributed by atoms with Gasteiger partial charge >= 0.3 is 0 Å². The van der Waals surface area contributed by atoms with Crippen molar-refractivity contribution < 1.29 is 0 Å². The molecule has 0 aromatic heterocycles. The van der Waals surface area contributed by atoms with Gasteiger partial charge in [0.1, 0.15) is 0 Å². The standard InChI is InChI=1S/C16H32/c1-7-13(2)11-14(3)12-16(9-8-10-16)15(4,5)6/h13-14H,7-12H2,1-6H3. The summed E-state index contributed by atoms with van der Waals surface area (Å²) in [6.07, 6.45) is 8.64. The minimum atomic E-state index is 0.509. The van der Waals surface area contributed by atoms with Crippen LogP contribution in [-0.2, 0) is 0 Å². The molecule has 0 amide bonds. The van der Waals surface area contributed by atoms with E-state index in [0.29, 0.717) is 10.8 Å². The summed E-state index contributed by atoms with van der Waals surface area (Å²) in [5.41, 5.74) is 1.18. The van der Waals surface area contributed by atoms with Gasteiger partial charge in [0.05, 0.1) is 0 Å². The zero-order chi connectivity index (χ0) is 12.4. The topological polar surface area (TPSA) is 0 Å². The summed E-state index contributed by atoms with van der Waals surface area (Å²) in [6.45, 7) is 14.5. The molecule has 1 aliphatic rings. The maximum absolute atomic E-state index is 2.47. The minimum absolute atomic E-state index is 0.509.